The van der Waals surface area contributed by atoms with Gasteiger partial charge in [0.05, 0.1) is 18.7 Å². The van der Waals surface area contributed by atoms with Crippen LogP contribution >= 0.6 is 0 Å². The highest BCUT2D eigenvalue weighted by molar-refractivity contribution is 5.96. The molecule has 38 heavy (non-hydrogen) atoms. The van der Waals surface area contributed by atoms with E-state index in [9.17, 15) is 9.59 Å². The van der Waals surface area contributed by atoms with E-state index in [1.807, 2.05) is 31.2 Å². The average molecular weight is 519 g/mol. The molecule has 2 aromatic heterocycles. The Kier molecular flexibility index (Phi) is 7.74. The highest BCUT2D eigenvalue weighted by Crippen LogP contribution is 2.38. The lowest BCUT2D eigenvalue weighted by Crippen LogP contribution is -2.40. The van der Waals surface area contributed by atoms with E-state index in [-0.39, 0.29) is 11.8 Å². The van der Waals surface area contributed by atoms with Crippen molar-refractivity contribution in [3.8, 4) is 11.3 Å². The summed E-state index contributed by atoms with van der Waals surface area (Å²) in [6.45, 7) is 12.2. The average Bonchev–Trinajstić information content (AvgIpc) is 3.55. The minimum absolute atomic E-state index is 0.000356. The predicted octanol–water partition coefficient (Wildman–Crippen LogP) is 5.20. The lowest BCUT2D eigenvalue weighted by atomic mass is 9.99. The van der Waals surface area contributed by atoms with Gasteiger partial charge in [-0.05, 0) is 57.6 Å². The molecule has 9 heteroatoms. The van der Waals surface area contributed by atoms with Crippen molar-refractivity contribution in [2.75, 3.05) is 24.7 Å². The molecule has 1 amide bonds. The number of carbonyl (C=O) groups is 1. The number of carbonyl (C=O) groups excluding carboxylic acids is 1. The number of benzene rings is 1. The predicted molar refractivity (Wildman–Crippen MR) is 144 cm³/mol. The first-order valence-corrected chi connectivity index (χ1v) is 13.3. The number of aromatic nitrogens is 3. The molecule has 5 rings (SSSR count). The van der Waals surface area contributed by atoms with Gasteiger partial charge < -0.3 is 18.6 Å². The van der Waals surface area contributed by atoms with Crippen molar-refractivity contribution in [2.24, 2.45) is 5.92 Å². The Balaban J connectivity index is 1.32. The van der Waals surface area contributed by atoms with Crippen LogP contribution in [0.1, 0.15) is 63.1 Å². The Labute approximate surface area is 221 Å². The minimum Gasteiger partial charge on any atom is -0.408 e. The van der Waals surface area contributed by atoms with Gasteiger partial charge in [0.2, 0.25) is 5.91 Å². The molecule has 0 spiro atoms. The summed E-state index contributed by atoms with van der Waals surface area (Å²) < 4.78 is 18.0. The van der Waals surface area contributed by atoms with Gasteiger partial charge in [-0.25, -0.2) is 4.79 Å². The van der Waals surface area contributed by atoms with Crippen LogP contribution in [0.5, 0.6) is 0 Å². The van der Waals surface area contributed by atoms with Crippen LogP contribution in [0.15, 0.2) is 62.9 Å². The molecule has 0 radical (unpaired) electrons. The molecular formula is C29H34N4O5. The number of allylic oxidation sites excluding steroid dienone is 1. The van der Waals surface area contributed by atoms with Crippen LogP contribution in [-0.4, -0.2) is 40.4 Å². The van der Waals surface area contributed by atoms with Gasteiger partial charge in [0, 0.05) is 42.4 Å². The Morgan fingerprint density at radius 1 is 1.21 bits per heavy atom. The third kappa shape index (κ3) is 5.88. The number of aryl methyl sites for hydroxylation is 1. The van der Waals surface area contributed by atoms with Crippen LogP contribution in [0, 0.1) is 5.92 Å². The molecule has 1 saturated carbocycles. The van der Waals surface area contributed by atoms with E-state index in [0.29, 0.717) is 56.7 Å². The van der Waals surface area contributed by atoms with Gasteiger partial charge in [-0.15, -0.1) is 0 Å². The summed E-state index contributed by atoms with van der Waals surface area (Å²) in [6, 6.07) is 7.50. The zero-order valence-electron chi connectivity index (χ0n) is 21.9. The summed E-state index contributed by atoms with van der Waals surface area (Å²) in [5.41, 5.74) is 3.09. The summed E-state index contributed by atoms with van der Waals surface area (Å²) in [5.74, 6) is 1.50. The summed E-state index contributed by atoms with van der Waals surface area (Å²) in [4.78, 5) is 32.0. The van der Waals surface area contributed by atoms with E-state index in [1.54, 1.807) is 11.1 Å². The second-order valence-electron chi connectivity index (χ2n) is 10.1. The van der Waals surface area contributed by atoms with Crippen molar-refractivity contribution in [1.29, 1.82) is 0 Å². The number of hydrogen-bond acceptors (Lipinski definition) is 7. The number of hydrogen-bond donors (Lipinski definition) is 0. The van der Waals surface area contributed by atoms with Crippen molar-refractivity contribution in [3.63, 3.8) is 0 Å². The van der Waals surface area contributed by atoms with Crippen molar-refractivity contribution in [2.45, 2.75) is 57.9 Å². The Morgan fingerprint density at radius 3 is 2.76 bits per heavy atom. The zero-order chi connectivity index (χ0) is 26.6. The van der Waals surface area contributed by atoms with Crippen LogP contribution < -0.4 is 10.7 Å². The SMILES string of the molecule is C=C(CCC(=C)c1nc(C2CC2)no1)CN(C(=O)C1CCCOC1)c1cccc(-c2cn(CC)c(=O)o2)c1. The Hall–Kier alpha value is -3.72. The first kappa shape index (κ1) is 25.9. The van der Waals surface area contributed by atoms with E-state index in [1.165, 1.54) is 4.57 Å². The van der Waals surface area contributed by atoms with Gasteiger partial charge in [-0.1, -0.05) is 36.0 Å². The molecule has 200 valence electrons. The molecule has 0 bridgehead atoms. The third-order valence-electron chi connectivity index (χ3n) is 7.11. The fourth-order valence-corrected chi connectivity index (χ4v) is 4.63. The summed E-state index contributed by atoms with van der Waals surface area (Å²) in [7, 11) is 0. The minimum atomic E-state index is -0.403. The highest BCUT2D eigenvalue weighted by atomic mass is 16.5. The lowest BCUT2D eigenvalue weighted by Gasteiger charge is -2.30. The number of rotatable bonds is 11. The Bertz CT molecular complexity index is 1370. The first-order valence-electron chi connectivity index (χ1n) is 13.3. The molecule has 0 N–H and O–H groups in total. The number of amides is 1. The quantitative estimate of drug-likeness (QED) is 0.322. The molecular weight excluding hydrogens is 484 g/mol. The summed E-state index contributed by atoms with van der Waals surface area (Å²) in [6.07, 6.45) is 6.78. The first-order chi connectivity index (χ1) is 18.4. The highest BCUT2D eigenvalue weighted by Gasteiger charge is 2.30. The second-order valence-corrected chi connectivity index (χ2v) is 10.1. The maximum Gasteiger partial charge on any atom is 0.419 e. The van der Waals surface area contributed by atoms with Gasteiger partial charge in [-0.2, -0.15) is 4.98 Å². The van der Waals surface area contributed by atoms with Crippen molar-refractivity contribution < 1.29 is 18.5 Å². The lowest BCUT2D eigenvalue weighted by molar-refractivity contribution is -0.126. The molecule has 1 atom stereocenters. The molecule has 1 aliphatic carbocycles. The summed E-state index contributed by atoms with van der Waals surface area (Å²) in [5, 5.41) is 4.07. The topological polar surface area (TPSA) is 104 Å². The summed E-state index contributed by atoms with van der Waals surface area (Å²) >= 11 is 0. The molecule has 1 unspecified atom stereocenters. The van der Waals surface area contributed by atoms with Crippen molar-refractivity contribution in [1.82, 2.24) is 14.7 Å². The standard InChI is InChI=1S/C29H34N4O5/c1-4-32-17-25(37-29(32)35)22-7-5-9-24(15-22)33(28(34)23-8-6-14-36-18-23)16-19(2)10-11-20(3)27-30-26(31-38-27)21-12-13-21/h5,7,9,15,17,21,23H,2-4,6,8,10-14,16,18H2,1H3. The Morgan fingerprint density at radius 2 is 2.05 bits per heavy atom. The van der Waals surface area contributed by atoms with E-state index < -0.39 is 5.76 Å². The van der Waals surface area contributed by atoms with Gasteiger partial charge in [0.15, 0.2) is 11.6 Å². The van der Waals surface area contributed by atoms with E-state index in [0.717, 1.165) is 53.9 Å². The van der Waals surface area contributed by atoms with Crippen LogP contribution in [0.4, 0.5) is 5.69 Å². The fourth-order valence-electron chi connectivity index (χ4n) is 4.63. The van der Waals surface area contributed by atoms with Gasteiger partial charge in [0.1, 0.15) is 0 Å². The molecule has 1 aliphatic heterocycles. The fraction of sp³-hybridized carbons (Fsp3) is 0.448. The normalized spacial score (nSPS) is 17.3. The molecule has 3 aromatic rings. The van der Waals surface area contributed by atoms with Crippen molar-refractivity contribution in [3.05, 3.63) is 71.5 Å². The van der Waals surface area contributed by atoms with Crippen molar-refractivity contribution >= 4 is 17.2 Å². The van der Waals surface area contributed by atoms with E-state index >= 15 is 0 Å². The zero-order valence-corrected chi connectivity index (χ0v) is 21.9. The van der Waals surface area contributed by atoms with Gasteiger partial charge in [-0.3, -0.25) is 9.36 Å². The molecule has 3 heterocycles. The number of ether oxygens (including phenoxy) is 1. The number of anilines is 1. The van der Waals surface area contributed by atoms with Gasteiger partial charge >= 0.3 is 5.76 Å². The molecule has 2 aliphatic rings. The molecule has 9 nitrogen and oxygen atoms in total. The number of oxazole rings is 1. The van der Waals surface area contributed by atoms with Gasteiger partial charge in [0.25, 0.3) is 5.89 Å². The molecule has 1 saturated heterocycles. The largest absolute Gasteiger partial charge is 0.419 e. The third-order valence-corrected chi connectivity index (χ3v) is 7.11. The monoisotopic (exact) mass is 518 g/mol. The van der Waals surface area contributed by atoms with Crippen LogP contribution in [0.2, 0.25) is 0 Å². The van der Waals surface area contributed by atoms with Crippen LogP contribution in [0.3, 0.4) is 0 Å². The van der Waals surface area contributed by atoms with Crippen LogP contribution in [-0.2, 0) is 16.1 Å². The number of nitrogens with zero attached hydrogens (tertiary/aromatic N) is 4. The molecule has 2 fully saturated rings. The smallest absolute Gasteiger partial charge is 0.408 e. The van der Waals surface area contributed by atoms with Crippen LogP contribution in [0.25, 0.3) is 16.9 Å². The maximum atomic E-state index is 13.7. The maximum absolute atomic E-state index is 13.7. The van der Waals surface area contributed by atoms with E-state index in [4.69, 9.17) is 13.7 Å². The second kappa shape index (κ2) is 11.3. The van der Waals surface area contributed by atoms with E-state index in [2.05, 4.69) is 23.3 Å². The molecule has 1 aromatic carbocycles.